The van der Waals surface area contributed by atoms with Gasteiger partial charge in [-0.3, -0.25) is 4.99 Å². The third-order valence-corrected chi connectivity index (χ3v) is 4.05. The molecular weight excluding hydrogens is 497 g/mol. The number of hydrogen-bond acceptors (Lipinski definition) is 3. The zero-order chi connectivity index (χ0) is 17.5. The smallest absolute Gasteiger partial charge is 0.218 e. The standard InChI is InChI=1S/C17H24BrN5O.HI/c1-5-24-16-13(7-6-8-20-16)10-21-17(19-2)23(4)12-15-9-14(18)11-22(15)3;/h6-9,11H,5,10,12H2,1-4H3,(H,19,21);1H. The highest BCUT2D eigenvalue weighted by Crippen LogP contribution is 2.16. The Labute approximate surface area is 174 Å². The predicted octanol–water partition coefficient (Wildman–Crippen LogP) is 3.41. The average Bonchev–Trinajstić information content (AvgIpc) is 2.87. The van der Waals surface area contributed by atoms with Crippen LogP contribution < -0.4 is 10.1 Å². The molecule has 1 N–H and O–H groups in total. The second-order valence-electron chi connectivity index (χ2n) is 5.42. The normalized spacial score (nSPS) is 11.0. The summed E-state index contributed by atoms with van der Waals surface area (Å²) in [6.07, 6.45) is 3.78. The molecule has 25 heavy (non-hydrogen) atoms. The van der Waals surface area contributed by atoms with Gasteiger partial charge in [0.1, 0.15) is 0 Å². The van der Waals surface area contributed by atoms with Crippen LogP contribution in [0.25, 0.3) is 0 Å². The minimum Gasteiger partial charge on any atom is -0.478 e. The van der Waals surface area contributed by atoms with E-state index >= 15 is 0 Å². The lowest BCUT2D eigenvalue weighted by atomic mass is 10.2. The molecule has 0 bridgehead atoms. The first kappa shape index (κ1) is 21.8. The van der Waals surface area contributed by atoms with E-state index in [2.05, 4.69) is 46.8 Å². The Hall–Kier alpha value is -1.29. The zero-order valence-corrected chi connectivity index (χ0v) is 18.9. The Balaban J connectivity index is 0.00000312. The third-order valence-electron chi connectivity index (χ3n) is 3.62. The molecule has 0 aliphatic heterocycles. The van der Waals surface area contributed by atoms with Crippen LogP contribution >= 0.6 is 39.9 Å². The van der Waals surface area contributed by atoms with Gasteiger partial charge in [-0.15, -0.1) is 24.0 Å². The summed E-state index contributed by atoms with van der Waals surface area (Å²) in [6.45, 7) is 3.92. The maximum Gasteiger partial charge on any atom is 0.218 e. The van der Waals surface area contributed by atoms with E-state index < -0.39 is 0 Å². The van der Waals surface area contributed by atoms with Crippen LogP contribution in [0.5, 0.6) is 5.88 Å². The van der Waals surface area contributed by atoms with Crippen molar-refractivity contribution in [2.24, 2.45) is 12.0 Å². The van der Waals surface area contributed by atoms with E-state index in [0.717, 1.165) is 22.5 Å². The Kier molecular flexibility index (Phi) is 9.26. The number of nitrogens with zero attached hydrogens (tertiary/aromatic N) is 4. The van der Waals surface area contributed by atoms with E-state index in [0.29, 0.717) is 19.0 Å². The van der Waals surface area contributed by atoms with Crippen molar-refractivity contribution in [3.63, 3.8) is 0 Å². The highest BCUT2D eigenvalue weighted by atomic mass is 127. The van der Waals surface area contributed by atoms with Crippen molar-refractivity contribution >= 4 is 45.9 Å². The molecule has 0 saturated heterocycles. The molecule has 0 unspecified atom stereocenters. The molecule has 2 aromatic heterocycles. The maximum atomic E-state index is 5.56. The molecule has 0 spiro atoms. The molecule has 2 rings (SSSR count). The van der Waals surface area contributed by atoms with E-state index in [-0.39, 0.29) is 24.0 Å². The highest BCUT2D eigenvalue weighted by Gasteiger charge is 2.11. The van der Waals surface area contributed by atoms with Gasteiger partial charge >= 0.3 is 0 Å². The van der Waals surface area contributed by atoms with E-state index in [9.17, 15) is 0 Å². The van der Waals surface area contributed by atoms with Gasteiger partial charge in [-0.1, -0.05) is 6.07 Å². The van der Waals surface area contributed by atoms with Gasteiger partial charge in [0.05, 0.1) is 13.2 Å². The number of pyridine rings is 1. The van der Waals surface area contributed by atoms with E-state index in [4.69, 9.17) is 4.74 Å². The van der Waals surface area contributed by atoms with Crippen molar-refractivity contribution in [3.05, 3.63) is 46.3 Å². The minimum atomic E-state index is 0. The molecular formula is C17H25BrIN5O. The van der Waals surface area contributed by atoms with Crippen molar-refractivity contribution in [1.82, 2.24) is 19.8 Å². The summed E-state index contributed by atoms with van der Waals surface area (Å²) in [6, 6.07) is 6.03. The van der Waals surface area contributed by atoms with Gasteiger partial charge in [0.25, 0.3) is 0 Å². The molecule has 6 nitrogen and oxygen atoms in total. The number of guanidine groups is 1. The number of aryl methyl sites for hydroxylation is 1. The Morgan fingerprint density at radius 2 is 2.24 bits per heavy atom. The molecule has 2 aromatic rings. The fraction of sp³-hybridized carbons (Fsp3) is 0.412. The van der Waals surface area contributed by atoms with Crippen LogP contribution in [-0.2, 0) is 20.1 Å². The van der Waals surface area contributed by atoms with Crippen molar-refractivity contribution < 1.29 is 4.74 Å². The summed E-state index contributed by atoms with van der Waals surface area (Å²) in [7, 11) is 5.84. The molecule has 0 aliphatic rings. The maximum absolute atomic E-state index is 5.56. The number of nitrogens with one attached hydrogen (secondary N) is 1. The minimum absolute atomic E-state index is 0. The van der Waals surface area contributed by atoms with Gasteiger partial charge in [-0.25, -0.2) is 4.98 Å². The fourth-order valence-electron chi connectivity index (χ4n) is 2.43. The summed E-state index contributed by atoms with van der Waals surface area (Å²) in [5, 5.41) is 3.37. The van der Waals surface area contributed by atoms with Crippen LogP contribution in [0, 0.1) is 0 Å². The second kappa shape index (κ2) is 10.6. The average molecular weight is 522 g/mol. The van der Waals surface area contributed by atoms with E-state index in [1.54, 1.807) is 13.2 Å². The lowest BCUT2D eigenvalue weighted by Crippen LogP contribution is -2.38. The summed E-state index contributed by atoms with van der Waals surface area (Å²) < 4.78 is 8.74. The fourth-order valence-corrected chi connectivity index (χ4v) is 3.00. The molecule has 0 radical (unpaired) electrons. The number of aliphatic imine (C=N–C) groups is 1. The van der Waals surface area contributed by atoms with Gasteiger partial charge in [0, 0.05) is 55.8 Å². The number of hydrogen-bond donors (Lipinski definition) is 1. The molecule has 8 heteroatoms. The molecule has 0 atom stereocenters. The van der Waals surface area contributed by atoms with Gasteiger partial charge in [-0.05, 0) is 35.0 Å². The van der Waals surface area contributed by atoms with Gasteiger partial charge in [0.15, 0.2) is 5.96 Å². The van der Waals surface area contributed by atoms with Crippen molar-refractivity contribution in [2.75, 3.05) is 20.7 Å². The van der Waals surface area contributed by atoms with Crippen LogP contribution in [0.2, 0.25) is 0 Å². The largest absolute Gasteiger partial charge is 0.478 e. The predicted molar refractivity (Wildman–Crippen MR) is 116 cm³/mol. The molecule has 2 heterocycles. The van der Waals surface area contributed by atoms with Crippen molar-refractivity contribution in [3.8, 4) is 5.88 Å². The SMILES string of the molecule is CCOc1ncccc1CNC(=NC)N(C)Cc1cc(Br)cn1C.I. The van der Waals surface area contributed by atoms with Gasteiger partial charge in [-0.2, -0.15) is 0 Å². The number of ether oxygens (including phenoxy) is 1. The Morgan fingerprint density at radius 3 is 2.84 bits per heavy atom. The summed E-state index contributed by atoms with van der Waals surface area (Å²) in [5.74, 6) is 1.48. The number of aromatic nitrogens is 2. The first-order valence-corrected chi connectivity index (χ1v) is 8.63. The highest BCUT2D eigenvalue weighted by molar-refractivity contribution is 14.0. The molecule has 138 valence electrons. The van der Waals surface area contributed by atoms with Crippen molar-refractivity contribution in [2.45, 2.75) is 20.0 Å². The van der Waals surface area contributed by atoms with Crippen LogP contribution in [-0.4, -0.2) is 41.1 Å². The molecule has 0 amide bonds. The lowest BCUT2D eigenvalue weighted by molar-refractivity contribution is 0.322. The van der Waals surface area contributed by atoms with E-state index in [1.165, 1.54) is 5.69 Å². The number of rotatable bonds is 6. The molecule has 0 saturated carbocycles. The molecule has 0 aliphatic carbocycles. The molecule has 0 aromatic carbocycles. The van der Waals surface area contributed by atoms with Crippen molar-refractivity contribution in [1.29, 1.82) is 0 Å². The zero-order valence-electron chi connectivity index (χ0n) is 15.0. The van der Waals surface area contributed by atoms with Gasteiger partial charge in [0.2, 0.25) is 5.88 Å². The second-order valence-corrected chi connectivity index (χ2v) is 6.33. The van der Waals surface area contributed by atoms with Crippen LogP contribution in [0.3, 0.4) is 0 Å². The van der Waals surface area contributed by atoms with Crippen LogP contribution in [0.1, 0.15) is 18.2 Å². The Bertz CT molecular complexity index is 704. The van der Waals surface area contributed by atoms with Crippen LogP contribution in [0.4, 0.5) is 0 Å². The first-order valence-electron chi connectivity index (χ1n) is 7.84. The summed E-state index contributed by atoms with van der Waals surface area (Å²) >= 11 is 3.50. The van der Waals surface area contributed by atoms with E-state index in [1.807, 2.05) is 39.3 Å². The third kappa shape index (κ3) is 6.18. The van der Waals surface area contributed by atoms with Crippen LogP contribution in [0.15, 0.2) is 40.1 Å². The Morgan fingerprint density at radius 1 is 1.48 bits per heavy atom. The lowest BCUT2D eigenvalue weighted by Gasteiger charge is -2.22. The van der Waals surface area contributed by atoms with Gasteiger partial charge < -0.3 is 19.5 Å². The summed E-state index contributed by atoms with van der Waals surface area (Å²) in [5.41, 5.74) is 2.21. The topological polar surface area (TPSA) is 54.7 Å². The quantitative estimate of drug-likeness (QED) is 0.359. The molecule has 0 fully saturated rings. The monoisotopic (exact) mass is 521 g/mol. The first-order chi connectivity index (χ1) is 11.5. The summed E-state index contributed by atoms with van der Waals surface area (Å²) in [4.78, 5) is 10.7. The number of halogens is 2.